The molecule has 0 spiro atoms. The van der Waals surface area contributed by atoms with Gasteiger partial charge in [-0.1, -0.05) is 24.3 Å². The van der Waals surface area contributed by atoms with Crippen LogP contribution in [-0.4, -0.2) is 189 Å². The minimum atomic E-state index is -0.463. The number of benzene rings is 2. The van der Waals surface area contributed by atoms with Crippen LogP contribution in [0.3, 0.4) is 0 Å². The Morgan fingerprint density at radius 2 is 1.05 bits per heavy atom. The highest BCUT2D eigenvalue weighted by atomic mass is 16.5. The molecule has 0 N–H and O–H groups in total. The second-order valence-electron chi connectivity index (χ2n) is 18.2. The third-order valence-electron chi connectivity index (χ3n) is 14.0. The maximum Gasteiger partial charge on any atom is 0.233 e. The molecule has 61 heavy (non-hydrogen) atoms. The average molecular weight is 848 g/mol. The minimum absolute atomic E-state index is 0.183. The predicted octanol–water partition coefficient (Wildman–Crippen LogP) is 5.32. The number of ether oxygens (including phenoxy) is 6. The van der Waals surface area contributed by atoms with Gasteiger partial charge in [0.05, 0.1) is 38.4 Å². The summed E-state index contributed by atoms with van der Waals surface area (Å²) in [6.07, 6.45) is 10.7. The highest BCUT2D eigenvalue weighted by Gasteiger charge is 2.44. The van der Waals surface area contributed by atoms with Crippen molar-refractivity contribution < 1.29 is 33.2 Å². The molecule has 2 aromatic carbocycles. The van der Waals surface area contributed by atoms with Crippen molar-refractivity contribution in [3.63, 3.8) is 0 Å². The smallest absolute Gasteiger partial charge is 0.233 e. The first-order chi connectivity index (χ1) is 30.0. The molecule has 12 nitrogen and oxygen atoms in total. The molecule has 0 aliphatic carbocycles. The van der Waals surface area contributed by atoms with E-state index in [-0.39, 0.29) is 11.3 Å². The van der Waals surface area contributed by atoms with Crippen molar-refractivity contribution in [3.8, 4) is 11.5 Å². The van der Waals surface area contributed by atoms with E-state index in [9.17, 15) is 4.79 Å². The molecule has 0 unspecified atom stereocenters. The average Bonchev–Trinajstić information content (AvgIpc) is 3.56. The van der Waals surface area contributed by atoms with Crippen LogP contribution in [0.5, 0.6) is 11.5 Å². The summed E-state index contributed by atoms with van der Waals surface area (Å²) >= 11 is 0. The fraction of sp³-hybridized carbons (Fsp3) is 0.735. The molecule has 6 fully saturated rings. The van der Waals surface area contributed by atoms with Gasteiger partial charge in [0, 0.05) is 104 Å². The Morgan fingerprint density at radius 1 is 0.525 bits per heavy atom. The molecule has 1 amide bonds. The number of amides is 1. The monoisotopic (exact) mass is 848 g/mol. The summed E-state index contributed by atoms with van der Waals surface area (Å²) in [5.74, 6) is 2.16. The number of carbonyl (C=O) groups excluding carboxylic acids is 1. The third-order valence-corrected chi connectivity index (χ3v) is 14.0. The summed E-state index contributed by atoms with van der Waals surface area (Å²) < 4.78 is 34.5. The standard InChI is InChI=1S/C25H39N3O3.C24H38N2O4/c1-26-12-4-16-28(18-17-26)24(29)25(10-20-30-21-11-25)22-6-8-23(9-7-22)31-19-5-15-27-13-2-3-14-27;1-9-25(11-18-27-14-1)10-2-15-30-23-5-3-22(4-6-23)24(7-16-28-17-8-24)21-26-12-19-29-20-13-26/h6-9H,2-5,10-21H2,1H3;3-6H,1-2,7-21H2. The van der Waals surface area contributed by atoms with Crippen molar-refractivity contribution in [1.29, 1.82) is 0 Å². The van der Waals surface area contributed by atoms with E-state index < -0.39 is 5.41 Å². The zero-order chi connectivity index (χ0) is 42.0. The fourth-order valence-corrected chi connectivity index (χ4v) is 10.1. The fourth-order valence-electron chi connectivity index (χ4n) is 10.1. The second-order valence-corrected chi connectivity index (χ2v) is 18.2. The topological polar surface area (TPSA) is 88.7 Å². The number of morpholine rings is 1. The maximum absolute atomic E-state index is 13.8. The zero-order valence-electron chi connectivity index (χ0n) is 37.5. The van der Waals surface area contributed by atoms with Crippen LogP contribution in [0, 0.1) is 0 Å². The Kier molecular flexibility index (Phi) is 18.4. The van der Waals surface area contributed by atoms with E-state index in [0.717, 1.165) is 193 Å². The summed E-state index contributed by atoms with van der Waals surface area (Å²) in [6, 6.07) is 17.2. The van der Waals surface area contributed by atoms with Crippen molar-refractivity contribution in [2.45, 2.75) is 75.0 Å². The van der Waals surface area contributed by atoms with Crippen LogP contribution < -0.4 is 9.47 Å². The van der Waals surface area contributed by atoms with Crippen LogP contribution in [0.25, 0.3) is 0 Å². The largest absolute Gasteiger partial charge is 0.494 e. The maximum atomic E-state index is 13.8. The van der Waals surface area contributed by atoms with Gasteiger partial charge in [0.25, 0.3) is 0 Å². The van der Waals surface area contributed by atoms with Gasteiger partial charge < -0.3 is 48.0 Å². The molecular formula is C49H77N5O7. The molecule has 340 valence electrons. The number of likely N-dealkylation sites (N-methyl/N-ethyl adjacent to an activating group) is 1. The van der Waals surface area contributed by atoms with E-state index in [2.05, 4.69) is 67.9 Å². The number of carbonyl (C=O) groups is 1. The van der Waals surface area contributed by atoms with E-state index in [0.29, 0.717) is 13.2 Å². The van der Waals surface area contributed by atoms with E-state index in [1.807, 2.05) is 12.1 Å². The molecule has 0 saturated carbocycles. The molecule has 0 atom stereocenters. The van der Waals surface area contributed by atoms with E-state index in [1.54, 1.807) is 0 Å². The molecular weight excluding hydrogens is 771 g/mol. The van der Waals surface area contributed by atoms with Gasteiger partial charge in [-0.05, 0) is 126 Å². The molecule has 6 heterocycles. The molecule has 6 aliphatic heterocycles. The predicted molar refractivity (Wildman–Crippen MR) is 240 cm³/mol. The lowest BCUT2D eigenvalue weighted by Crippen LogP contribution is -2.50. The number of likely N-dealkylation sites (tertiary alicyclic amines) is 1. The number of hydrogen-bond donors (Lipinski definition) is 0. The van der Waals surface area contributed by atoms with Crippen molar-refractivity contribution in [2.24, 2.45) is 0 Å². The van der Waals surface area contributed by atoms with Crippen molar-refractivity contribution in [3.05, 3.63) is 59.7 Å². The number of hydrogen-bond acceptors (Lipinski definition) is 11. The van der Waals surface area contributed by atoms with Gasteiger partial charge in [-0.2, -0.15) is 0 Å². The van der Waals surface area contributed by atoms with Crippen molar-refractivity contribution in [1.82, 2.24) is 24.5 Å². The molecule has 6 saturated heterocycles. The van der Waals surface area contributed by atoms with Gasteiger partial charge in [0.15, 0.2) is 0 Å². The molecule has 2 aromatic rings. The molecule has 8 rings (SSSR count). The Hall–Kier alpha value is -2.81. The molecule has 12 heteroatoms. The van der Waals surface area contributed by atoms with Gasteiger partial charge in [-0.25, -0.2) is 0 Å². The zero-order valence-corrected chi connectivity index (χ0v) is 37.5. The molecule has 0 bridgehead atoms. The van der Waals surface area contributed by atoms with Crippen LogP contribution >= 0.6 is 0 Å². The Balaban J connectivity index is 0.000000184. The minimum Gasteiger partial charge on any atom is -0.494 e. The lowest BCUT2D eigenvalue weighted by Gasteiger charge is -2.42. The molecule has 0 radical (unpaired) electrons. The quantitative estimate of drug-likeness (QED) is 0.219. The highest BCUT2D eigenvalue weighted by Crippen LogP contribution is 2.39. The van der Waals surface area contributed by atoms with Crippen LogP contribution in [0.15, 0.2) is 48.5 Å². The first-order valence-corrected chi connectivity index (χ1v) is 23.9. The van der Waals surface area contributed by atoms with Gasteiger partial charge in [0.1, 0.15) is 11.5 Å². The van der Waals surface area contributed by atoms with Gasteiger partial charge >= 0.3 is 0 Å². The van der Waals surface area contributed by atoms with Gasteiger partial charge in [-0.15, -0.1) is 0 Å². The van der Waals surface area contributed by atoms with Crippen molar-refractivity contribution >= 4 is 5.91 Å². The van der Waals surface area contributed by atoms with Gasteiger partial charge in [-0.3, -0.25) is 9.69 Å². The van der Waals surface area contributed by atoms with Crippen molar-refractivity contribution in [2.75, 3.05) is 158 Å². The lowest BCUT2D eigenvalue weighted by molar-refractivity contribution is -0.141. The van der Waals surface area contributed by atoms with Crippen LogP contribution in [0.4, 0.5) is 0 Å². The van der Waals surface area contributed by atoms with E-state index in [4.69, 9.17) is 28.4 Å². The molecule has 0 aromatic heterocycles. The SMILES string of the molecule is CN1CCCN(C(=O)C2(c3ccc(OCCCN4CCCC4)cc3)CCOCC2)CC1.c1cc(C2(CN3CCOCC3)CCOCC2)ccc1OCCCN1CCCOCC1. The summed E-state index contributed by atoms with van der Waals surface area (Å²) in [6.45, 7) is 21.7. The summed E-state index contributed by atoms with van der Waals surface area (Å²) in [5.41, 5.74) is 2.26. The van der Waals surface area contributed by atoms with Crippen LogP contribution in [0.1, 0.15) is 75.3 Å². The Bertz CT molecular complexity index is 1530. The summed E-state index contributed by atoms with van der Waals surface area (Å²) in [4.78, 5) is 25.8. The first kappa shape index (κ1) is 46.2. The second kappa shape index (κ2) is 24.3. The Morgan fingerprint density at radius 3 is 1.69 bits per heavy atom. The summed E-state index contributed by atoms with van der Waals surface area (Å²) in [5, 5.41) is 0. The van der Waals surface area contributed by atoms with Crippen LogP contribution in [0.2, 0.25) is 0 Å². The Labute approximate surface area is 367 Å². The van der Waals surface area contributed by atoms with E-state index in [1.165, 1.54) is 31.5 Å². The lowest BCUT2D eigenvalue weighted by atomic mass is 9.73. The normalized spacial score (nSPS) is 23.3. The third kappa shape index (κ3) is 13.6. The number of nitrogens with zero attached hydrogens (tertiary/aromatic N) is 5. The highest BCUT2D eigenvalue weighted by molar-refractivity contribution is 5.88. The summed E-state index contributed by atoms with van der Waals surface area (Å²) in [7, 11) is 2.14. The number of rotatable bonds is 15. The van der Waals surface area contributed by atoms with Crippen LogP contribution in [-0.2, 0) is 34.6 Å². The molecule has 6 aliphatic rings. The van der Waals surface area contributed by atoms with Gasteiger partial charge in [0.2, 0.25) is 5.91 Å². The van der Waals surface area contributed by atoms with E-state index >= 15 is 0 Å². The first-order valence-electron chi connectivity index (χ1n) is 23.9.